The summed E-state index contributed by atoms with van der Waals surface area (Å²) < 4.78 is 0. The molecule has 0 aromatic heterocycles. The largest absolute Gasteiger partial charge is 0.0616 e. The molecular weight excluding hydrogens is 601 g/mol. The van der Waals surface area contributed by atoms with Crippen molar-refractivity contribution in [3.63, 3.8) is 0 Å². The third-order valence-electron chi connectivity index (χ3n) is 10.4. The maximum atomic E-state index is 2.44. The van der Waals surface area contributed by atoms with Gasteiger partial charge in [0, 0.05) is 0 Å². The van der Waals surface area contributed by atoms with E-state index in [9.17, 15) is 0 Å². The topological polar surface area (TPSA) is 0 Å². The van der Waals surface area contributed by atoms with E-state index in [0.29, 0.717) is 0 Å². The molecule has 232 valence electrons. The van der Waals surface area contributed by atoms with Crippen LogP contribution < -0.4 is 0 Å². The van der Waals surface area contributed by atoms with Crippen molar-refractivity contribution in [1.29, 1.82) is 0 Å². The fourth-order valence-electron chi connectivity index (χ4n) is 8.11. The van der Waals surface area contributed by atoms with Crippen LogP contribution >= 0.6 is 0 Å². The predicted octanol–water partition coefficient (Wildman–Crippen LogP) is 14.1. The number of benzene rings is 10. The van der Waals surface area contributed by atoms with Crippen LogP contribution in [0.1, 0.15) is 0 Å². The highest BCUT2D eigenvalue weighted by Crippen LogP contribution is 2.46. The average Bonchev–Trinajstić information content (AvgIpc) is 3.19. The molecule has 0 N–H and O–H groups in total. The zero-order valence-electron chi connectivity index (χ0n) is 27.5. The van der Waals surface area contributed by atoms with Gasteiger partial charge in [-0.3, -0.25) is 0 Å². The lowest BCUT2D eigenvalue weighted by atomic mass is 9.83. The zero-order chi connectivity index (χ0) is 33.0. The van der Waals surface area contributed by atoms with Crippen LogP contribution in [0.4, 0.5) is 0 Å². The van der Waals surface area contributed by atoms with Crippen molar-refractivity contribution >= 4 is 53.9 Å². The van der Waals surface area contributed by atoms with Crippen LogP contribution in [0.25, 0.3) is 98.4 Å². The highest BCUT2D eigenvalue weighted by molar-refractivity contribution is 6.22. The Hall–Kier alpha value is -6.50. The first kappa shape index (κ1) is 28.5. The standard InChI is InChI=1S/C50H32/c1-2-15-36-30-40(27-26-33(36)12-1)49-45-22-7-8-23-46(45)50(39-19-9-18-37(31-39)43-24-10-16-34-13-3-5-20-41(34)43)48-32-38(28-29-47(48)49)44-25-11-17-35-14-4-6-21-42(35)44/h1-32H. The molecule has 0 radical (unpaired) electrons. The van der Waals surface area contributed by atoms with Crippen LogP contribution in [0.15, 0.2) is 194 Å². The van der Waals surface area contributed by atoms with Gasteiger partial charge >= 0.3 is 0 Å². The summed E-state index contributed by atoms with van der Waals surface area (Å²) in [5.74, 6) is 0. The highest BCUT2D eigenvalue weighted by atomic mass is 14.2. The molecule has 0 fully saturated rings. The molecule has 0 aliphatic carbocycles. The first-order valence-corrected chi connectivity index (χ1v) is 17.3. The zero-order valence-corrected chi connectivity index (χ0v) is 27.5. The van der Waals surface area contributed by atoms with Gasteiger partial charge in [0.1, 0.15) is 0 Å². The second-order valence-corrected chi connectivity index (χ2v) is 13.3. The summed E-state index contributed by atoms with van der Waals surface area (Å²) >= 11 is 0. The Kier molecular flexibility index (Phi) is 6.60. The Morgan fingerprint density at radius 2 is 0.640 bits per heavy atom. The number of rotatable bonds is 4. The first-order chi connectivity index (χ1) is 24.8. The molecule has 10 aromatic carbocycles. The molecule has 0 aliphatic heterocycles. The molecule has 0 unspecified atom stereocenters. The van der Waals surface area contributed by atoms with Crippen molar-refractivity contribution in [1.82, 2.24) is 0 Å². The summed E-state index contributed by atoms with van der Waals surface area (Å²) in [4.78, 5) is 0. The summed E-state index contributed by atoms with van der Waals surface area (Å²) in [5.41, 5.74) is 9.95. The van der Waals surface area contributed by atoms with Crippen LogP contribution in [0, 0.1) is 0 Å². The molecular formula is C50H32. The van der Waals surface area contributed by atoms with E-state index in [1.807, 2.05) is 0 Å². The molecule has 0 heterocycles. The van der Waals surface area contributed by atoms with Crippen molar-refractivity contribution in [3.05, 3.63) is 194 Å². The number of fused-ring (bicyclic) bond motifs is 5. The Morgan fingerprint density at radius 3 is 1.32 bits per heavy atom. The van der Waals surface area contributed by atoms with Crippen molar-refractivity contribution in [3.8, 4) is 44.5 Å². The molecule has 0 nitrogen and oxygen atoms in total. The Bertz CT molecular complexity index is 2920. The van der Waals surface area contributed by atoms with Gasteiger partial charge in [0.05, 0.1) is 0 Å². The van der Waals surface area contributed by atoms with Crippen molar-refractivity contribution in [2.75, 3.05) is 0 Å². The van der Waals surface area contributed by atoms with Gasteiger partial charge in [-0.15, -0.1) is 0 Å². The summed E-state index contributed by atoms with van der Waals surface area (Å²) in [6.07, 6.45) is 0. The molecule has 10 rings (SSSR count). The molecule has 0 atom stereocenters. The third-order valence-corrected chi connectivity index (χ3v) is 10.4. The molecule has 0 aliphatic rings. The molecule has 0 spiro atoms. The van der Waals surface area contributed by atoms with Crippen LogP contribution in [-0.2, 0) is 0 Å². The number of hydrogen-bond donors (Lipinski definition) is 0. The van der Waals surface area contributed by atoms with Gasteiger partial charge in [0.2, 0.25) is 0 Å². The van der Waals surface area contributed by atoms with E-state index in [1.165, 1.54) is 98.4 Å². The second kappa shape index (κ2) is 11.6. The fraction of sp³-hybridized carbons (Fsp3) is 0. The summed E-state index contributed by atoms with van der Waals surface area (Å²) in [7, 11) is 0. The van der Waals surface area contributed by atoms with Crippen LogP contribution in [0.5, 0.6) is 0 Å². The van der Waals surface area contributed by atoms with E-state index in [2.05, 4.69) is 194 Å². The van der Waals surface area contributed by atoms with Gasteiger partial charge in [0.15, 0.2) is 0 Å². The molecule has 0 heteroatoms. The van der Waals surface area contributed by atoms with Crippen molar-refractivity contribution in [2.45, 2.75) is 0 Å². The minimum absolute atomic E-state index is 1.22. The molecule has 10 aromatic rings. The Balaban J connectivity index is 1.30. The predicted molar refractivity (Wildman–Crippen MR) is 216 cm³/mol. The molecule has 50 heavy (non-hydrogen) atoms. The molecule has 0 saturated heterocycles. The quantitative estimate of drug-likeness (QED) is 0.169. The number of hydrogen-bond acceptors (Lipinski definition) is 0. The normalized spacial score (nSPS) is 11.6. The van der Waals surface area contributed by atoms with Crippen LogP contribution in [-0.4, -0.2) is 0 Å². The average molecular weight is 633 g/mol. The van der Waals surface area contributed by atoms with Gasteiger partial charge in [-0.2, -0.15) is 0 Å². The third kappa shape index (κ3) is 4.61. The Morgan fingerprint density at radius 1 is 0.200 bits per heavy atom. The smallest absolute Gasteiger partial charge is 0.00259 e. The van der Waals surface area contributed by atoms with Gasteiger partial charge in [-0.1, -0.05) is 176 Å². The van der Waals surface area contributed by atoms with Crippen molar-refractivity contribution in [2.24, 2.45) is 0 Å². The van der Waals surface area contributed by atoms with Crippen LogP contribution in [0.3, 0.4) is 0 Å². The highest BCUT2D eigenvalue weighted by Gasteiger charge is 2.19. The lowest BCUT2D eigenvalue weighted by molar-refractivity contribution is 1.63. The fourth-order valence-corrected chi connectivity index (χ4v) is 8.11. The minimum atomic E-state index is 1.22. The lowest BCUT2D eigenvalue weighted by Gasteiger charge is -2.20. The van der Waals surface area contributed by atoms with E-state index < -0.39 is 0 Å². The molecule has 0 bridgehead atoms. The SMILES string of the molecule is c1cc(-c2cccc3ccccc23)cc(-c2c3ccccc3c(-c3ccc4ccccc4c3)c3ccc(-c4cccc5ccccc45)cc23)c1. The van der Waals surface area contributed by atoms with E-state index in [-0.39, 0.29) is 0 Å². The maximum Gasteiger partial charge on any atom is -0.00259 e. The van der Waals surface area contributed by atoms with Gasteiger partial charge < -0.3 is 0 Å². The lowest BCUT2D eigenvalue weighted by Crippen LogP contribution is -1.92. The maximum absolute atomic E-state index is 2.44. The second-order valence-electron chi connectivity index (χ2n) is 13.3. The molecule has 0 amide bonds. The Labute approximate surface area is 291 Å². The monoisotopic (exact) mass is 632 g/mol. The van der Waals surface area contributed by atoms with Gasteiger partial charge in [-0.05, 0) is 117 Å². The summed E-state index contributed by atoms with van der Waals surface area (Å²) in [5, 5.41) is 12.6. The summed E-state index contributed by atoms with van der Waals surface area (Å²) in [6, 6.07) is 71.5. The van der Waals surface area contributed by atoms with E-state index in [1.54, 1.807) is 0 Å². The van der Waals surface area contributed by atoms with E-state index in [0.717, 1.165) is 0 Å². The minimum Gasteiger partial charge on any atom is -0.0616 e. The van der Waals surface area contributed by atoms with E-state index >= 15 is 0 Å². The van der Waals surface area contributed by atoms with Crippen LogP contribution in [0.2, 0.25) is 0 Å². The van der Waals surface area contributed by atoms with Gasteiger partial charge in [-0.25, -0.2) is 0 Å². The summed E-state index contributed by atoms with van der Waals surface area (Å²) in [6.45, 7) is 0. The molecule has 0 saturated carbocycles. The van der Waals surface area contributed by atoms with E-state index in [4.69, 9.17) is 0 Å². The first-order valence-electron chi connectivity index (χ1n) is 17.3. The van der Waals surface area contributed by atoms with Gasteiger partial charge in [0.25, 0.3) is 0 Å². The van der Waals surface area contributed by atoms with Crippen molar-refractivity contribution < 1.29 is 0 Å².